The van der Waals surface area contributed by atoms with Crippen LogP contribution in [0.5, 0.6) is 0 Å². The molecule has 1 aliphatic heterocycles. The van der Waals surface area contributed by atoms with Crippen molar-refractivity contribution in [1.29, 1.82) is 0 Å². The van der Waals surface area contributed by atoms with Crippen molar-refractivity contribution in [3.05, 3.63) is 35.1 Å². The number of thioether (sulfide) groups is 1. The maximum absolute atomic E-state index is 13.4. The number of aliphatic hydroxyl groups is 1. The van der Waals surface area contributed by atoms with E-state index in [1.165, 1.54) is 12.1 Å². The van der Waals surface area contributed by atoms with Crippen molar-refractivity contribution in [2.45, 2.75) is 24.7 Å². The summed E-state index contributed by atoms with van der Waals surface area (Å²) in [6.07, 6.45) is 2.63. The van der Waals surface area contributed by atoms with Gasteiger partial charge >= 0.3 is 0 Å². The van der Waals surface area contributed by atoms with E-state index in [4.69, 9.17) is 9.84 Å². The van der Waals surface area contributed by atoms with E-state index in [0.29, 0.717) is 11.7 Å². The Kier molecular flexibility index (Phi) is 5.71. The first-order valence-corrected chi connectivity index (χ1v) is 7.52. The fourth-order valence-electron chi connectivity index (χ4n) is 2.03. The lowest BCUT2D eigenvalue weighted by molar-refractivity contribution is 0.129. The zero-order valence-corrected chi connectivity index (χ0v) is 11.5. The fraction of sp³-hybridized carbons (Fsp3) is 0.467. The topological polar surface area (TPSA) is 29.5 Å². The summed E-state index contributed by atoms with van der Waals surface area (Å²) in [5.74, 6) is 6.69. The quantitative estimate of drug-likeness (QED) is 0.860. The summed E-state index contributed by atoms with van der Waals surface area (Å²) in [6.45, 7) is 0.658. The second kappa shape index (κ2) is 7.54. The Bertz CT molecular complexity index is 473. The van der Waals surface area contributed by atoms with E-state index in [1.807, 2.05) is 6.07 Å². The van der Waals surface area contributed by atoms with E-state index in [0.717, 1.165) is 36.5 Å². The smallest absolute Gasteiger partial charge is 0.124 e. The van der Waals surface area contributed by atoms with Gasteiger partial charge in [-0.1, -0.05) is 11.8 Å². The summed E-state index contributed by atoms with van der Waals surface area (Å²) in [7, 11) is 0. The third-order valence-electron chi connectivity index (χ3n) is 2.87. The first kappa shape index (κ1) is 14.4. The molecule has 0 bridgehead atoms. The molecule has 1 heterocycles. The van der Waals surface area contributed by atoms with Crippen LogP contribution in [0.3, 0.4) is 0 Å². The summed E-state index contributed by atoms with van der Waals surface area (Å²) in [5, 5.41) is 8.64. The molecule has 2 nitrogen and oxygen atoms in total. The van der Waals surface area contributed by atoms with E-state index >= 15 is 0 Å². The van der Waals surface area contributed by atoms with Gasteiger partial charge in [-0.2, -0.15) is 11.8 Å². The highest BCUT2D eigenvalue weighted by molar-refractivity contribution is 7.98. The van der Waals surface area contributed by atoms with Crippen molar-refractivity contribution in [2.24, 2.45) is 0 Å². The van der Waals surface area contributed by atoms with Crippen LogP contribution in [0.25, 0.3) is 0 Å². The lowest BCUT2D eigenvalue weighted by Gasteiger charge is -2.08. The average Bonchev–Trinajstić information content (AvgIpc) is 2.89. The molecule has 1 aromatic carbocycles. The van der Waals surface area contributed by atoms with Gasteiger partial charge in [-0.05, 0) is 36.6 Å². The minimum Gasteiger partial charge on any atom is -0.384 e. The van der Waals surface area contributed by atoms with Gasteiger partial charge in [0.1, 0.15) is 12.4 Å². The van der Waals surface area contributed by atoms with E-state index in [1.54, 1.807) is 11.8 Å². The predicted octanol–water partition coefficient (Wildman–Crippen LogP) is 2.58. The molecule has 1 saturated heterocycles. The largest absolute Gasteiger partial charge is 0.384 e. The molecule has 0 spiro atoms. The van der Waals surface area contributed by atoms with Crippen molar-refractivity contribution in [3.8, 4) is 11.8 Å². The van der Waals surface area contributed by atoms with Crippen LogP contribution in [-0.2, 0) is 10.5 Å². The fourth-order valence-corrected chi connectivity index (χ4v) is 3.08. The van der Waals surface area contributed by atoms with Crippen molar-refractivity contribution >= 4 is 11.8 Å². The van der Waals surface area contributed by atoms with Crippen molar-refractivity contribution in [1.82, 2.24) is 0 Å². The lowest BCUT2D eigenvalue weighted by Crippen LogP contribution is -2.08. The Hall–Kier alpha value is -1.02. The van der Waals surface area contributed by atoms with Gasteiger partial charge in [-0.25, -0.2) is 4.39 Å². The number of hydrogen-bond donors (Lipinski definition) is 1. The molecule has 0 aliphatic carbocycles. The van der Waals surface area contributed by atoms with Gasteiger partial charge in [0, 0.05) is 23.7 Å². The van der Waals surface area contributed by atoms with Gasteiger partial charge in [0.2, 0.25) is 0 Å². The maximum Gasteiger partial charge on any atom is 0.124 e. The Balaban J connectivity index is 1.89. The molecule has 2 rings (SSSR count). The molecule has 1 aromatic rings. The van der Waals surface area contributed by atoms with Crippen molar-refractivity contribution in [2.75, 3.05) is 19.0 Å². The second-order valence-corrected chi connectivity index (χ2v) is 5.49. The third-order valence-corrected chi connectivity index (χ3v) is 4.01. The molecule has 4 heteroatoms. The van der Waals surface area contributed by atoms with Crippen molar-refractivity contribution in [3.63, 3.8) is 0 Å². The van der Waals surface area contributed by atoms with Gasteiger partial charge < -0.3 is 9.84 Å². The third kappa shape index (κ3) is 4.87. The van der Waals surface area contributed by atoms with E-state index in [-0.39, 0.29) is 12.4 Å². The number of hydrogen-bond acceptors (Lipinski definition) is 3. The molecule has 1 unspecified atom stereocenters. The summed E-state index contributed by atoms with van der Waals surface area (Å²) in [4.78, 5) is 0. The Morgan fingerprint density at radius 1 is 1.42 bits per heavy atom. The zero-order valence-electron chi connectivity index (χ0n) is 10.7. The van der Waals surface area contributed by atoms with E-state index in [9.17, 15) is 4.39 Å². The summed E-state index contributed by atoms with van der Waals surface area (Å²) >= 11 is 1.76. The average molecular weight is 280 g/mol. The molecule has 19 heavy (non-hydrogen) atoms. The van der Waals surface area contributed by atoms with Crippen LogP contribution in [-0.4, -0.2) is 30.2 Å². The Morgan fingerprint density at radius 2 is 2.32 bits per heavy atom. The Morgan fingerprint density at radius 3 is 3.05 bits per heavy atom. The molecule has 0 saturated carbocycles. The van der Waals surface area contributed by atoms with Crippen LogP contribution in [0.15, 0.2) is 18.2 Å². The number of aliphatic hydroxyl groups excluding tert-OH is 1. The number of benzene rings is 1. The van der Waals surface area contributed by atoms with Crippen LogP contribution >= 0.6 is 11.8 Å². The number of ether oxygens (including phenoxy) is 1. The molecule has 1 aliphatic rings. The van der Waals surface area contributed by atoms with Gasteiger partial charge in [-0.15, -0.1) is 0 Å². The summed E-state index contributed by atoms with van der Waals surface area (Å²) in [6, 6.07) is 4.79. The SMILES string of the molecule is OCC#Cc1cc(F)cc(CSCC2CCCO2)c1. The standard InChI is InChI=1S/C15H17FO2S/c16-14-8-12(3-1-5-17)7-13(9-14)10-19-11-15-4-2-6-18-15/h7-9,15,17H,2,4-6,10-11H2. The lowest BCUT2D eigenvalue weighted by atomic mass is 10.1. The highest BCUT2D eigenvalue weighted by Crippen LogP contribution is 2.21. The second-order valence-electron chi connectivity index (χ2n) is 4.46. The zero-order chi connectivity index (χ0) is 13.5. The summed E-state index contributed by atoms with van der Waals surface area (Å²) < 4.78 is 19.0. The van der Waals surface area contributed by atoms with Gasteiger partial charge in [-0.3, -0.25) is 0 Å². The maximum atomic E-state index is 13.4. The molecule has 102 valence electrons. The van der Waals surface area contributed by atoms with E-state index < -0.39 is 0 Å². The first-order chi connectivity index (χ1) is 9.28. The van der Waals surface area contributed by atoms with Gasteiger partial charge in [0.15, 0.2) is 0 Å². The highest BCUT2D eigenvalue weighted by atomic mass is 32.2. The van der Waals surface area contributed by atoms with Crippen LogP contribution < -0.4 is 0 Å². The number of rotatable bonds is 4. The molecule has 1 fully saturated rings. The van der Waals surface area contributed by atoms with Crippen LogP contribution in [0.1, 0.15) is 24.0 Å². The van der Waals surface area contributed by atoms with Crippen LogP contribution in [0, 0.1) is 17.7 Å². The first-order valence-electron chi connectivity index (χ1n) is 6.36. The minimum absolute atomic E-state index is 0.209. The molecular weight excluding hydrogens is 263 g/mol. The van der Waals surface area contributed by atoms with E-state index in [2.05, 4.69) is 11.8 Å². The molecule has 0 aromatic heterocycles. The number of halogens is 1. The van der Waals surface area contributed by atoms with Crippen molar-refractivity contribution < 1.29 is 14.2 Å². The highest BCUT2D eigenvalue weighted by Gasteiger charge is 2.15. The minimum atomic E-state index is -0.280. The Labute approximate surface area is 117 Å². The van der Waals surface area contributed by atoms with Crippen LogP contribution in [0.2, 0.25) is 0 Å². The summed E-state index contributed by atoms with van der Waals surface area (Å²) in [5.41, 5.74) is 1.53. The molecular formula is C15H17FO2S. The van der Waals surface area contributed by atoms with Gasteiger partial charge in [0.25, 0.3) is 0 Å². The van der Waals surface area contributed by atoms with Crippen LogP contribution in [0.4, 0.5) is 4.39 Å². The monoisotopic (exact) mass is 280 g/mol. The predicted molar refractivity (Wildman–Crippen MR) is 75.5 cm³/mol. The van der Waals surface area contributed by atoms with Gasteiger partial charge in [0.05, 0.1) is 6.10 Å². The molecule has 1 N–H and O–H groups in total. The molecule has 1 atom stereocenters. The normalized spacial score (nSPS) is 18.1. The molecule has 0 amide bonds. The molecule has 0 radical (unpaired) electrons.